The van der Waals surface area contributed by atoms with Gasteiger partial charge in [0.2, 0.25) is 11.8 Å². The first-order valence-electron chi connectivity index (χ1n) is 8.80. The largest absolute Gasteiger partial charge is 0.349 e. The molecule has 144 valence electrons. The maximum Gasteiger partial charge on any atom is 0.228 e. The highest BCUT2D eigenvalue weighted by Crippen LogP contribution is 2.23. The van der Waals surface area contributed by atoms with Gasteiger partial charge in [-0.2, -0.15) is 0 Å². The van der Waals surface area contributed by atoms with Crippen LogP contribution in [0.5, 0.6) is 0 Å². The molecule has 2 N–H and O–H groups in total. The molecule has 0 saturated heterocycles. The number of thiazole rings is 1. The number of anilines is 1. The Morgan fingerprint density at radius 2 is 1.82 bits per heavy atom. The SMILES string of the molecule is CC(=O)N[C@H](CC(=O)Nc1ncc(Cc2ccc(F)cc2)s1)c1ccccc1. The van der Waals surface area contributed by atoms with E-state index < -0.39 is 6.04 Å². The van der Waals surface area contributed by atoms with Gasteiger partial charge in [-0.3, -0.25) is 9.59 Å². The van der Waals surface area contributed by atoms with E-state index in [1.54, 1.807) is 18.3 Å². The Kier molecular flexibility index (Phi) is 6.49. The number of hydrogen-bond donors (Lipinski definition) is 2. The van der Waals surface area contributed by atoms with Crippen molar-refractivity contribution in [1.82, 2.24) is 10.3 Å². The summed E-state index contributed by atoms with van der Waals surface area (Å²) in [5, 5.41) is 6.09. The molecule has 0 aliphatic carbocycles. The van der Waals surface area contributed by atoms with Gasteiger partial charge in [0, 0.05) is 24.4 Å². The van der Waals surface area contributed by atoms with Crippen molar-refractivity contribution < 1.29 is 14.0 Å². The van der Waals surface area contributed by atoms with Gasteiger partial charge in [0.15, 0.2) is 5.13 Å². The van der Waals surface area contributed by atoms with Gasteiger partial charge in [0.05, 0.1) is 12.5 Å². The highest BCUT2D eigenvalue weighted by atomic mass is 32.1. The number of carbonyl (C=O) groups is 2. The highest BCUT2D eigenvalue weighted by Gasteiger charge is 2.18. The number of halogens is 1. The Hall–Kier alpha value is -3.06. The van der Waals surface area contributed by atoms with E-state index in [4.69, 9.17) is 0 Å². The van der Waals surface area contributed by atoms with Crippen molar-refractivity contribution in [3.8, 4) is 0 Å². The Morgan fingerprint density at radius 1 is 1.11 bits per heavy atom. The summed E-state index contributed by atoms with van der Waals surface area (Å²) < 4.78 is 13.0. The van der Waals surface area contributed by atoms with Gasteiger partial charge < -0.3 is 10.6 Å². The van der Waals surface area contributed by atoms with Crippen LogP contribution in [0.2, 0.25) is 0 Å². The molecular formula is C21H20FN3O2S. The molecule has 0 fully saturated rings. The molecule has 1 heterocycles. The van der Waals surface area contributed by atoms with Crippen molar-refractivity contribution in [3.63, 3.8) is 0 Å². The van der Waals surface area contributed by atoms with Crippen molar-refractivity contribution >= 4 is 28.3 Å². The van der Waals surface area contributed by atoms with Gasteiger partial charge in [0.1, 0.15) is 5.82 Å². The third-order valence-electron chi connectivity index (χ3n) is 4.06. The van der Waals surface area contributed by atoms with Crippen LogP contribution in [0, 0.1) is 5.82 Å². The lowest BCUT2D eigenvalue weighted by molar-refractivity contribution is -0.120. The standard InChI is InChI=1S/C21H20FN3O2S/c1-14(26)24-19(16-5-3-2-4-6-16)12-20(27)25-21-23-13-18(28-21)11-15-7-9-17(22)10-8-15/h2-10,13,19H,11-12H2,1H3,(H,24,26)(H,23,25,27)/t19-/m1/s1. The fraction of sp³-hybridized carbons (Fsp3) is 0.190. The van der Waals surface area contributed by atoms with E-state index in [0.29, 0.717) is 11.6 Å². The zero-order valence-electron chi connectivity index (χ0n) is 15.3. The Morgan fingerprint density at radius 3 is 2.50 bits per heavy atom. The van der Waals surface area contributed by atoms with Crippen LogP contribution in [0.25, 0.3) is 0 Å². The van der Waals surface area contributed by atoms with Crippen LogP contribution >= 0.6 is 11.3 Å². The Balaban J connectivity index is 1.61. The number of aromatic nitrogens is 1. The number of nitrogens with zero attached hydrogens (tertiary/aromatic N) is 1. The molecule has 0 bridgehead atoms. The predicted molar refractivity (Wildman–Crippen MR) is 108 cm³/mol. The van der Waals surface area contributed by atoms with Gasteiger partial charge in [-0.25, -0.2) is 9.37 Å². The van der Waals surface area contributed by atoms with Gasteiger partial charge >= 0.3 is 0 Å². The summed E-state index contributed by atoms with van der Waals surface area (Å²) in [5.41, 5.74) is 1.83. The molecule has 0 unspecified atom stereocenters. The molecule has 5 nitrogen and oxygen atoms in total. The number of amides is 2. The molecule has 0 spiro atoms. The molecular weight excluding hydrogens is 377 g/mol. The maximum absolute atomic E-state index is 13.0. The van der Waals surface area contributed by atoms with Gasteiger partial charge in [-0.05, 0) is 23.3 Å². The number of benzene rings is 2. The molecule has 2 aromatic carbocycles. The predicted octanol–water partition coefficient (Wildman–Crippen LogP) is 4.08. The maximum atomic E-state index is 13.0. The van der Waals surface area contributed by atoms with E-state index in [1.165, 1.54) is 30.4 Å². The first kappa shape index (κ1) is 19.7. The third-order valence-corrected chi connectivity index (χ3v) is 4.97. The van der Waals surface area contributed by atoms with E-state index >= 15 is 0 Å². The van der Waals surface area contributed by atoms with Gasteiger partial charge in [-0.1, -0.05) is 42.5 Å². The minimum absolute atomic E-state index is 0.108. The van der Waals surface area contributed by atoms with E-state index in [1.807, 2.05) is 30.3 Å². The summed E-state index contributed by atoms with van der Waals surface area (Å²) in [5.74, 6) is -0.698. The first-order valence-corrected chi connectivity index (χ1v) is 9.62. The average Bonchev–Trinajstić information content (AvgIpc) is 3.10. The second-order valence-electron chi connectivity index (χ2n) is 6.35. The van der Waals surface area contributed by atoms with Crippen molar-refractivity contribution in [1.29, 1.82) is 0 Å². The fourth-order valence-electron chi connectivity index (χ4n) is 2.79. The van der Waals surface area contributed by atoms with Crippen LogP contribution in [0.1, 0.15) is 35.4 Å². The molecule has 3 rings (SSSR count). The Labute approximate surface area is 166 Å². The van der Waals surface area contributed by atoms with Crippen molar-refractivity contribution in [2.45, 2.75) is 25.8 Å². The van der Waals surface area contributed by atoms with Crippen LogP contribution in [0.15, 0.2) is 60.8 Å². The molecule has 1 aromatic heterocycles. The van der Waals surface area contributed by atoms with E-state index in [-0.39, 0.29) is 24.1 Å². The summed E-state index contributed by atoms with van der Waals surface area (Å²) in [7, 11) is 0. The van der Waals surface area contributed by atoms with Crippen LogP contribution in [-0.4, -0.2) is 16.8 Å². The van der Waals surface area contributed by atoms with Crippen LogP contribution in [0.4, 0.5) is 9.52 Å². The van der Waals surface area contributed by atoms with E-state index in [2.05, 4.69) is 15.6 Å². The average molecular weight is 397 g/mol. The second kappa shape index (κ2) is 9.23. The molecule has 0 radical (unpaired) electrons. The second-order valence-corrected chi connectivity index (χ2v) is 7.47. The topological polar surface area (TPSA) is 71.1 Å². The molecule has 28 heavy (non-hydrogen) atoms. The lowest BCUT2D eigenvalue weighted by Gasteiger charge is -2.17. The zero-order chi connectivity index (χ0) is 19.9. The van der Waals surface area contributed by atoms with Gasteiger partial charge in [0.25, 0.3) is 0 Å². The molecule has 3 aromatic rings. The third kappa shape index (κ3) is 5.72. The Bertz CT molecular complexity index is 942. The van der Waals surface area contributed by atoms with Crippen LogP contribution < -0.4 is 10.6 Å². The number of rotatable bonds is 7. The smallest absolute Gasteiger partial charge is 0.228 e. The van der Waals surface area contributed by atoms with Crippen molar-refractivity contribution in [2.24, 2.45) is 0 Å². The van der Waals surface area contributed by atoms with Crippen LogP contribution in [0.3, 0.4) is 0 Å². The molecule has 7 heteroatoms. The van der Waals surface area contributed by atoms with Gasteiger partial charge in [-0.15, -0.1) is 11.3 Å². The van der Waals surface area contributed by atoms with E-state index in [0.717, 1.165) is 16.0 Å². The fourth-order valence-corrected chi connectivity index (χ4v) is 3.65. The molecule has 0 saturated carbocycles. The molecule has 0 aliphatic rings. The first-order chi connectivity index (χ1) is 13.5. The van der Waals surface area contributed by atoms with Crippen molar-refractivity contribution in [2.75, 3.05) is 5.32 Å². The summed E-state index contributed by atoms with van der Waals surface area (Å²) in [6.45, 7) is 1.43. The molecule has 0 aliphatic heterocycles. The normalized spacial score (nSPS) is 11.6. The highest BCUT2D eigenvalue weighted by molar-refractivity contribution is 7.15. The van der Waals surface area contributed by atoms with Crippen molar-refractivity contribution in [3.05, 3.63) is 82.6 Å². The lowest BCUT2D eigenvalue weighted by atomic mass is 10.0. The van der Waals surface area contributed by atoms with Crippen LogP contribution in [-0.2, 0) is 16.0 Å². The summed E-state index contributed by atoms with van der Waals surface area (Å²) in [4.78, 5) is 29.1. The zero-order valence-corrected chi connectivity index (χ0v) is 16.1. The minimum atomic E-state index is -0.405. The number of hydrogen-bond acceptors (Lipinski definition) is 4. The number of nitrogens with one attached hydrogen (secondary N) is 2. The lowest BCUT2D eigenvalue weighted by Crippen LogP contribution is -2.29. The number of carbonyl (C=O) groups excluding carboxylic acids is 2. The van der Waals surface area contributed by atoms with E-state index in [9.17, 15) is 14.0 Å². The monoisotopic (exact) mass is 397 g/mol. The summed E-state index contributed by atoms with van der Waals surface area (Å²) in [6.07, 6.45) is 2.43. The molecule has 1 atom stereocenters. The molecule has 2 amide bonds. The summed E-state index contributed by atoms with van der Waals surface area (Å²) >= 11 is 1.37. The minimum Gasteiger partial charge on any atom is -0.349 e. The quantitative estimate of drug-likeness (QED) is 0.631. The summed E-state index contributed by atoms with van der Waals surface area (Å²) in [6, 6.07) is 15.3.